The Kier molecular flexibility index (Phi) is 8.34. The first-order chi connectivity index (χ1) is 13.9. The van der Waals surface area contributed by atoms with Crippen molar-refractivity contribution in [3.63, 3.8) is 0 Å². The van der Waals surface area contributed by atoms with E-state index in [9.17, 15) is 4.79 Å². The first-order valence-corrected chi connectivity index (χ1v) is 11.1. The van der Waals surface area contributed by atoms with Crippen molar-refractivity contribution < 1.29 is 4.79 Å². The molecule has 0 radical (unpaired) electrons. The van der Waals surface area contributed by atoms with E-state index in [4.69, 9.17) is 46.4 Å². The molecule has 156 valence electrons. The molecule has 2 aromatic carbocycles. The fraction of sp³-hybridized carbons (Fsp3) is 0.381. The van der Waals surface area contributed by atoms with Gasteiger partial charge in [0.05, 0.1) is 20.1 Å². The van der Waals surface area contributed by atoms with Gasteiger partial charge in [0.2, 0.25) is 0 Å². The molecule has 2 N–H and O–H groups in total. The maximum Gasteiger partial charge on any atom is 0.319 e. The van der Waals surface area contributed by atoms with Crippen molar-refractivity contribution in [2.24, 2.45) is 0 Å². The molecular formula is C21H23Cl4N3O. The molecule has 0 spiro atoms. The van der Waals surface area contributed by atoms with Gasteiger partial charge in [0.1, 0.15) is 0 Å². The van der Waals surface area contributed by atoms with Crippen LogP contribution in [0.15, 0.2) is 36.4 Å². The minimum atomic E-state index is -0.297. The second-order valence-corrected chi connectivity index (χ2v) is 8.80. The van der Waals surface area contributed by atoms with Crippen molar-refractivity contribution in [3.05, 3.63) is 62.1 Å². The zero-order valence-electron chi connectivity index (χ0n) is 15.9. The van der Waals surface area contributed by atoms with Gasteiger partial charge >= 0.3 is 6.03 Å². The minimum absolute atomic E-state index is 0.130. The van der Waals surface area contributed by atoms with Crippen molar-refractivity contribution in [1.82, 2.24) is 10.2 Å². The van der Waals surface area contributed by atoms with Crippen LogP contribution in [0.4, 0.5) is 10.5 Å². The van der Waals surface area contributed by atoms with Gasteiger partial charge in [-0.3, -0.25) is 0 Å². The normalized spacial score (nSPS) is 15.3. The van der Waals surface area contributed by atoms with Crippen LogP contribution in [0.3, 0.4) is 0 Å². The molecule has 4 nitrogen and oxygen atoms in total. The van der Waals surface area contributed by atoms with Gasteiger partial charge in [-0.2, -0.15) is 0 Å². The lowest BCUT2D eigenvalue weighted by atomic mass is 9.95. The zero-order chi connectivity index (χ0) is 20.8. The van der Waals surface area contributed by atoms with Gasteiger partial charge in [0, 0.05) is 18.2 Å². The summed E-state index contributed by atoms with van der Waals surface area (Å²) in [7, 11) is 0. The first-order valence-electron chi connectivity index (χ1n) is 9.59. The Hall–Kier alpha value is -1.17. The smallest absolute Gasteiger partial charge is 0.319 e. The van der Waals surface area contributed by atoms with Crippen LogP contribution in [0.2, 0.25) is 20.1 Å². The van der Waals surface area contributed by atoms with Gasteiger partial charge in [-0.15, -0.1) is 0 Å². The molecule has 1 fully saturated rings. The number of halogens is 4. The molecule has 3 rings (SSSR count). The van der Waals surface area contributed by atoms with E-state index in [-0.39, 0.29) is 11.9 Å². The highest BCUT2D eigenvalue weighted by Gasteiger charge is 2.18. The molecule has 1 unspecified atom stereocenters. The molecule has 2 amide bonds. The topological polar surface area (TPSA) is 44.4 Å². The second kappa shape index (κ2) is 10.7. The second-order valence-electron chi connectivity index (χ2n) is 7.17. The summed E-state index contributed by atoms with van der Waals surface area (Å²) in [5, 5.41) is 7.62. The molecule has 2 aromatic rings. The number of nitrogens with zero attached hydrogens (tertiary/aromatic N) is 1. The summed E-state index contributed by atoms with van der Waals surface area (Å²) >= 11 is 24.2. The number of nitrogens with one attached hydrogen (secondary N) is 2. The van der Waals surface area contributed by atoms with Crippen molar-refractivity contribution in [2.75, 3.05) is 31.5 Å². The van der Waals surface area contributed by atoms with Crippen LogP contribution < -0.4 is 10.6 Å². The molecule has 1 heterocycles. The SMILES string of the molecule is O=C(NCC(CCN1CCCC1)c1ccc(Cl)c(Cl)c1)Nc1ccc(Cl)c(Cl)c1. The lowest BCUT2D eigenvalue weighted by Crippen LogP contribution is -2.33. The highest BCUT2D eigenvalue weighted by atomic mass is 35.5. The Balaban J connectivity index is 1.62. The monoisotopic (exact) mass is 473 g/mol. The van der Waals surface area contributed by atoms with Gasteiger partial charge < -0.3 is 15.5 Å². The Labute approximate surface area is 191 Å². The van der Waals surface area contributed by atoms with E-state index in [1.807, 2.05) is 12.1 Å². The van der Waals surface area contributed by atoms with Crippen LogP contribution in [-0.4, -0.2) is 37.1 Å². The molecule has 1 atom stereocenters. The molecule has 0 saturated carbocycles. The molecule has 1 saturated heterocycles. The fourth-order valence-electron chi connectivity index (χ4n) is 3.46. The van der Waals surface area contributed by atoms with E-state index in [2.05, 4.69) is 15.5 Å². The van der Waals surface area contributed by atoms with E-state index in [1.54, 1.807) is 24.3 Å². The fourth-order valence-corrected chi connectivity index (χ4v) is 4.07. The third-order valence-corrected chi connectivity index (χ3v) is 6.57. The van der Waals surface area contributed by atoms with E-state index in [1.165, 1.54) is 12.8 Å². The van der Waals surface area contributed by atoms with E-state index < -0.39 is 0 Å². The van der Waals surface area contributed by atoms with E-state index >= 15 is 0 Å². The van der Waals surface area contributed by atoms with Gasteiger partial charge in [-0.1, -0.05) is 52.5 Å². The van der Waals surface area contributed by atoms with Crippen LogP contribution in [0.1, 0.15) is 30.7 Å². The molecule has 0 bridgehead atoms. The largest absolute Gasteiger partial charge is 0.337 e. The Bertz CT molecular complexity index is 856. The number of likely N-dealkylation sites (tertiary alicyclic amines) is 1. The highest BCUT2D eigenvalue weighted by molar-refractivity contribution is 6.42. The number of carbonyl (C=O) groups excluding carboxylic acids is 1. The number of carbonyl (C=O) groups is 1. The van der Waals surface area contributed by atoms with E-state index in [0.29, 0.717) is 32.3 Å². The molecule has 29 heavy (non-hydrogen) atoms. The van der Waals surface area contributed by atoms with Crippen molar-refractivity contribution >= 4 is 58.1 Å². The summed E-state index contributed by atoms with van der Waals surface area (Å²) in [4.78, 5) is 14.8. The number of amides is 2. The molecule has 1 aliphatic rings. The number of hydrogen-bond donors (Lipinski definition) is 2. The van der Waals surface area contributed by atoms with Gasteiger partial charge in [-0.05, 0) is 74.8 Å². The summed E-state index contributed by atoms with van der Waals surface area (Å²) in [5.41, 5.74) is 1.65. The Morgan fingerprint density at radius 2 is 1.59 bits per heavy atom. The molecule has 1 aliphatic heterocycles. The quantitative estimate of drug-likeness (QED) is 0.469. The van der Waals surface area contributed by atoms with Crippen LogP contribution >= 0.6 is 46.4 Å². The average Bonchev–Trinajstić information content (AvgIpc) is 3.21. The standard InChI is InChI=1S/C21H23Cl4N3O/c22-17-5-3-14(11-19(17)24)15(7-10-28-8-1-2-9-28)13-26-21(29)27-16-4-6-18(23)20(25)12-16/h3-6,11-12,15H,1-2,7-10,13H2,(H2,26,27,29). The van der Waals surface area contributed by atoms with Crippen LogP contribution in [0, 0.1) is 0 Å². The lowest BCUT2D eigenvalue weighted by Gasteiger charge is -2.22. The zero-order valence-corrected chi connectivity index (χ0v) is 18.9. The average molecular weight is 475 g/mol. The molecule has 0 aromatic heterocycles. The third kappa shape index (κ3) is 6.66. The van der Waals surface area contributed by atoms with Gasteiger partial charge in [0.15, 0.2) is 0 Å². The van der Waals surface area contributed by atoms with Crippen LogP contribution in [0.5, 0.6) is 0 Å². The summed E-state index contributed by atoms with van der Waals surface area (Å²) < 4.78 is 0. The Morgan fingerprint density at radius 1 is 0.931 bits per heavy atom. The third-order valence-electron chi connectivity index (χ3n) is 5.09. The number of urea groups is 1. The summed E-state index contributed by atoms with van der Waals surface area (Å²) in [6.45, 7) is 3.75. The van der Waals surface area contributed by atoms with Crippen LogP contribution in [-0.2, 0) is 0 Å². The number of hydrogen-bond acceptors (Lipinski definition) is 2. The summed E-state index contributed by atoms with van der Waals surface area (Å²) in [5.74, 6) is 0.130. The highest BCUT2D eigenvalue weighted by Crippen LogP contribution is 2.29. The van der Waals surface area contributed by atoms with Crippen LogP contribution in [0.25, 0.3) is 0 Å². The minimum Gasteiger partial charge on any atom is -0.337 e. The first kappa shape index (κ1) is 22.5. The van der Waals surface area contributed by atoms with Gasteiger partial charge in [0.25, 0.3) is 0 Å². The molecular weight excluding hydrogens is 452 g/mol. The number of anilines is 1. The maximum atomic E-state index is 12.4. The van der Waals surface area contributed by atoms with Crippen molar-refractivity contribution in [2.45, 2.75) is 25.2 Å². The molecule has 0 aliphatic carbocycles. The predicted molar refractivity (Wildman–Crippen MR) is 123 cm³/mol. The van der Waals surface area contributed by atoms with Gasteiger partial charge in [-0.25, -0.2) is 4.79 Å². The maximum absolute atomic E-state index is 12.4. The summed E-state index contributed by atoms with van der Waals surface area (Å²) in [6, 6.07) is 10.3. The van der Waals surface area contributed by atoms with Crippen molar-refractivity contribution in [3.8, 4) is 0 Å². The van der Waals surface area contributed by atoms with E-state index in [0.717, 1.165) is 31.6 Å². The summed E-state index contributed by atoms with van der Waals surface area (Å²) in [6.07, 6.45) is 3.43. The lowest BCUT2D eigenvalue weighted by molar-refractivity contribution is 0.250. The van der Waals surface area contributed by atoms with Crippen molar-refractivity contribution in [1.29, 1.82) is 0 Å². The molecule has 8 heteroatoms. The Morgan fingerprint density at radius 3 is 2.24 bits per heavy atom. The predicted octanol–water partition coefficient (Wildman–Crippen LogP) is 6.69. The number of benzene rings is 2. The number of rotatable bonds is 7.